The quantitative estimate of drug-likeness (QED) is 0.938. The molecule has 0 aliphatic heterocycles. The van der Waals surface area contributed by atoms with E-state index in [0.29, 0.717) is 22.7 Å². The summed E-state index contributed by atoms with van der Waals surface area (Å²) in [5.41, 5.74) is 1.31. The number of halogens is 1. The lowest BCUT2D eigenvalue weighted by Crippen LogP contribution is -2.23. The summed E-state index contributed by atoms with van der Waals surface area (Å²) in [6.07, 6.45) is 5.24. The minimum absolute atomic E-state index is 0.149. The van der Waals surface area contributed by atoms with E-state index in [0.717, 1.165) is 5.69 Å². The third-order valence-electron chi connectivity index (χ3n) is 2.69. The van der Waals surface area contributed by atoms with E-state index >= 15 is 0 Å². The molecule has 0 amide bonds. The first-order chi connectivity index (χ1) is 9.02. The molecule has 0 bridgehead atoms. The fourth-order valence-electron chi connectivity index (χ4n) is 1.62. The van der Waals surface area contributed by atoms with Crippen LogP contribution in [0.5, 0.6) is 0 Å². The van der Waals surface area contributed by atoms with Crippen LogP contribution >= 0.6 is 15.9 Å². The van der Waals surface area contributed by atoms with Crippen molar-refractivity contribution in [2.45, 2.75) is 33.4 Å². The molecule has 2 aromatic heterocycles. The van der Waals surface area contributed by atoms with Crippen LogP contribution in [0.1, 0.15) is 26.8 Å². The molecule has 2 heterocycles. The van der Waals surface area contributed by atoms with Crippen molar-refractivity contribution in [1.82, 2.24) is 19.6 Å². The van der Waals surface area contributed by atoms with E-state index in [1.165, 1.54) is 4.68 Å². The first-order valence-electron chi connectivity index (χ1n) is 6.09. The Hall–Kier alpha value is -1.63. The summed E-state index contributed by atoms with van der Waals surface area (Å²) < 4.78 is 3.71. The predicted octanol–water partition coefficient (Wildman–Crippen LogP) is 2.55. The molecule has 0 fully saturated rings. The molecule has 2 rings (SSSR count). The lowest BCUT2D eigenvalue weighted by molar-refractivity contribution is 0.532. The average molecular weight is 326 g/mol. The largest absolute Gasteiger partial charge is 0.351 e. The highest BCUT2D eigenvalue weighted by molar-refractivity contribution is 9.10. The molecule has 1 N–H and O–H groups in total. The summed E-state index contributed by atoms with van der Waals surface area (Å²) in [6.45, 7) is 6.52. The van der Waals surface area contributed by atoms with Gasteiger partial charge in [0.2, 0.25) is 0 Å². The fourth-order valence-corrected chi connectivity index (χ4v) is 2.02. The normalized spacial score (nSPS) is 11.0. The monoisotopic (exact) mass is 325 g/mol. The van der Waals surface area contributed by atoms with Gasteiger partial charge in [0, 0.05) is 18.8 Å². The van der Waals surface area contributed by atoms with Crippen LogP contribution in [-0.2, 0) is 6.54 Å². The first kappa shape index (κ1) is 13.8. The van der Waals surface area contributed by atoms with Crippen molar-refractivity contribution in [2.75, 3.05) is 5.32 Å². The van der Waals surface area contributed by atoms with Gasteiger partial charge in [0.05, 0.1) is 23.8 Å². The van der Waals surface area contributed by atoms with Crippen molar-refractivity contribution in [3.05, 3.63) is 33.4 Å². The zero-order valence-corrected chi connectivity index (χ0v) is 12.7. The molecular weight excluding hydrogens is 310 g/mol. The van der Waals surface area contributed by atoms with Crippen LogP contribution in [0.4, 0.5) is 11.4 Å². The first-order valence-corrected chi connectivity index (χ1v) is 6.89. The Morgan fingerprint density at radius 1 is 1.37 bits per heavy atom. The summed E-state index contributed by atoms with van der Waals surface area (Å²) in [7, 11) is 0. The second-order valence-electron chi connectivity index (χ2n) is 4.42. The number of rotatable bonds is 4. The molecule has 6 nitrogen and oxygen atoms in total. The minimum Gasteiger partial charge on any atom is -0.351 e. The topological polar surface area (TPSA) is 64.7 Å². The predicted molar refractivity (Wildman–Crippen MR) is 77.8 cm³/mol. The summed E-state index contributed by atoms with van der Waals surface area (Å²) >= 11 is 3.30. The molecule has 102 valence electrons. The van der Waals surface area contributed by atoms with Gasteiger partial charge in [-0.15, -0.1) is 0 Å². The SMILES string of the molecule is CCn1ncc(Nc2cnn(C(C)C)c2)c(Br)c1=O. The maximum atomic E-state index is 11.9. The standard InChI is InChI=1S/C12H16BrN5O/c1-4-17-12(19)11(13)10(6-15-17)16-9-5-14-18(7-9)8(2)3/h5-8,16H,4H2,1-3H3. The van der Waals surface area contributed by atoms with Crippen LogP contribution in [0.15, 0.2) is 27.9 Å². The van der Waals surface area contributed by atoms with Gasteiger partial charge >= 0.3 is 0 Å². The van der Waals surface area contributed by atoms with Crippen LogP contribution in [0.25, 0.3) is 0 Å². The smallest absolute Gasteiger partial charge is 0.283 e. The molecule has 0 saturated carbocycles. The van der Waals surface area contributed by atoms with Crippen LogP contribution in [0.3, 0.4) is 0 Å². The van der Waals surface area contributed by atoms with Gasteiger partial charge in [0.1, 0.15) is 4.47 Å². The van der Waals surface area contributed by atoms with E-state index in [2.05, 4.69) is 45.3 Å². The van der Waals surface area contributed by atoms with Crippen molar-refractivity contribution in [3.63, 3.8) is 0 Å². The molecule has 0 aromatic carbocycles. The highest BCUT2D eigenvalue weighted by atomic mass is 79.9. The molecule has 2 aromatic rings. The molecule has 0 spiro atoms. The zero-order valence-electron chi connectivity index (χ0n) is 11.1. The van der Waals surface area contributed by atoms with Crippen molar-refractivity contribution in [3.8, 4) is 0 Å². The summed E-state index contributed by atoms with van der Waals surface area (Å²) in [5.74, 6) is 0. The van der Waals surface area contributed by atoms with Gasteiger partial charge in [-0.1, -0.05) is 0 Å². The number of hydrogen-bond acceptors (Lipinski definition) is 4. The van der Waals surface area contributed by atoms with Gasteiger partial charge in [-0.05, 0) is 36.7 Å². The lowest BCUT2D eigenvalue weighted by Gasteiger charge is -2.08. The van der Waals surface area contributed by atoms with E-state index in [4.69, 9.17) is 0 Å². The van der Waals surface area contributed by atoms with Crippen molar-refractivity contribution >= 4 is 27.3 Å². The van der Waals surface area contributed by atoms with E-state index in [1.54, 1.807) is 12.4 Å². The van der Waals surface area contributed by atoms with Gasteiger partial charge in [-0.2, -0.15) is 10.2 Å². The van der Waals surface area contributed by atoms with E-state index < -0.39 is 0 Å². The molecule has 0 unspecified atom stereocenters. The average Bonchev–Trinajstić information content (AvgIpc) is 2.84. The van der Waals surface area contributed by atoms with E-state index in [9.17, 15) is 4.79 Å². The highest BCUT2D eigenvalue weighted by Gasteiger charge is 2.09. The number of nitrogens with zero attached hydrogens (tertiary/aromatic N) is 4. The Morgan fingerprint density at radius 3 is 2.68 bits per heavy atom. The summed E-state index contributed by atoms with van der Waals surface area (Å²) in [5, 5.41) is 11.4. The Labute approximate surface area is 119 Å². The van der Waals surface area contributed by atoms with Gasteiger partial charge < -0.3 is 5.32 Å². The molecular formula is C12H16BrN5O. The second-order valence-corrected chi connectivity index (χ2v) is 5.21. The summed E-state index contributed by atoms with van der Waals surface area (Å²) in [4.78, 5) is 11.9. The number of nitrogens with one attached hydrogen (secondary N) is 1. The molecule has 7 heteroatoms. The van der Waals surface area contributed by atoms with Crippen LogP contribution in [0, 0.1) is 0 Å². The van der Waals surface area contributed by atoms with Gasteiger partial charge in [0.15, 0.2) is 0 Å². The maximum Gasteiger partial charge on any atom is 0.283 e. The number of anilines is 2. The maximum absolute atomic E-state index is 11.9. The Balaban J connectivity index is 2.28. The molecule has 0 saturated heterocycles. The number of aryl methyl sites for hydroxylation is 1. The molecule has 19 heavy (non-hydrogen) atoms. The van der Waals surface area contributed by atoms with Crippen LogP contribution < -0.4 is 10.9 Å². The summed E-state index contributed by atoms with van der Waals surface area (Å²) in [6, 6.07) is 0.296. The number of aromatic nitrogens is 4. The van der Waals surface area contributed by atoms with Gasteiger partial charge in [0.25, 0.3) is 5.56 Å². The second kappa shape index (κ2) is 5.56. The fraction of sp³-hybridized carbons (Fsp3) is 0.417. The van der Waals surface area contributed by atoms with E-state index in [-0.39, 0.29) is 5.56 Å². The molecule has 0 radical (unpaired) electrons. The van der Waals surface area contributed by atoms with Crippen molar-refractivity contribution < 1.29 is 0 Å². The zero-order chi connectivity index (χ0) is 14.0. The third-order valence-corrected chi connectivity index (χ3v) is 3.46. The van der Waals surface area contributed by atoms with Crippen molar-refractivity contribution in [2.24, 2.45) is 0 Å². The van der Waals surface area contributed by atoms with Crippen LogP contribution in [-0.4, -0.2) is 19.6 Å². The molecule has 0 atom stereocenters. The Kier molecular flexibility index (Phi) is 4.04. The molecule has 0 aliphatic rings. The highest BCUT2D eigenvalue weighted by Crippen LogP contribution is 2.21. The Morgan fingerprint density at radius 2 is 2.11 bits per heavy atom. The minimum atomic E-state index is -0.149. The van der Waals surface area contributed by atoms with Gasteiger partial charge in [-0.3, -0.25) is 9.48 Å². The lowest BCUT2D eigenvalue weighted by atomic mass is 10.4. The van der Waals surface area contributed by atoms with Crippen molar-refractivity contribution in [1.29, 1.82) is 0 Å². The molecule has 0 aliphatic carbocycles. The Bertz CT molecular complexity index is 631. The third kappa shape index (κ3) is 2.86. The van der Waals surface area contributed by atoms with Gasteiger partial charge in [-0.25, -0.2) is 4.68 Å². The number of hydrogen-bond donors (Lipinski definition) is 1. The van der Waals surface area contributed by atoms with E-state index in [1.807, 2.05) is 17.8 Å². The van der Waals surface area contributed by atoms with Crippen LogP contribution in [0.2, 0.25) is 0 Å².